The summed E-state index contributed by atoms with van der Waals surface area (Å²) in [5.74, 6) is 0. The molecule has 1 aliphatic rings. The lowest BCUT2D eigenvalue weighted by Crippen LogP contribution is -2.53. The molecule has 108 valence electrons. The van der Waals surface area contributed by atoms with Crippen molar-refractivity contribution in [1.82, 2.24) is 20.0 Å². The van der Waals surface area contributed by atoms with E-state index in [9.17, 15) is 0 Å². The third-order valence-electron chi connectivity index (χ3n) is 3.47. The van der Waals surface area contributed by atoms with Gasteiger partial charge in [-0.1, -0.05) is 11.3 Å². The second-order valence-corrected chi connectivity index (χ2v) is 7.03. The molecule has 0 aromatic carbocycles. The van der Waals surface area contributed by atoms with Crippen molar-refractivity contribution in [3.8, 4) is 0 Å². The molecule has 2 heterocycles. The highest BCUT2D eigenvalue weighted by molar-refractivity contribution is 7.15. The Labute approximate surface area is 120 Å². The molecule has 19 heavy (non-hydrogen) atoms. The van der Waals surface area contributed by atoms with Crippen LogP contribution in [-0.2, 0) is 6.54 Å². The quantitative estimate of drug-likeness (QED) is 0.914. The maximum absolute atomic E-state index is 4.25. The van der Waals surface area contributed by atoms with Gasteiger partial charge in [0.2, 0.25) is 5.13 Å². The first-order valence-electron chi connectivity index (χ1n) is 7.02. The molecule has 1 aliphatic heterocycles. The fourth-order valence-electron chi connectivity index (χ4n) is 2.31. The fourth-order valence-corrected chi connectivity index (χ4v) is 3.16. The molecule has 0 radical (unpaired) electrons. The first kappa shape index (κ1) is 14.7. The first-order valence-corrected chi connectivity index (χ1v) is 7.84. The number of piperazine rings is 1. The van der Waals surface area contributed by atoms with Crippen molar-refractivity contribution in [3.63, 3.8) is 0 Å². The Morgan fingerprint density at radius 3 is 2.42 bits per heavy atom. The molecule has 0 amide bonds. The fraction of sp³-hybridized carbons (Fsp3) is 0.846. The molecule has 0 aliphatic carbocycles. The van der Waals surface area contributed by atoms with Gasteiger partial charge in [-0.25, -0.2) is 0 Å². The first-order chi connectivity index (χ1) is 8.99. The van der Waals surface area contributed by atoms with E-state index >= 15 is 0 Å². The summed E-state index contributed by atoms with van der Waals surface area (Å²) in [5, 5.41) is 13.7. The van der Waals surface area contributed by atoms with Crippen LogP contribution in [0.15, 0.2) is 0 Å². The van der Waals surface area contributed by atoms with Gasteiger partial charge in [0.25, 0.3) is 0 Å². The van der Waals surface area contributed by atoms with Crippen LogP contribution in [0.1, 0.15) is 32.7 Å². The molecule has 0 bridgehead atoms. The lowest BCUT2D eigenvalue weighted by Gasteiger charge is -2.42. The Morgan fingerprint density at radius 1 is 1.16 bits per heavy atom. The minimum atomic E-state index is 0.285. The summed E-state index contributed by atoms with van der Waals surface area (Å²) < 4.78 is 0. The maximum atomic E-state index is 4.25. The van der Waals surface area contributed by atoms with E-state index < -0.39 is 0 Å². The SMILES string of the molecule is CCNc1nnc(CN2CCN(C(C)(C)C)CC2)s1. The molecule has 6 heteroatoms. The van der Waals surface area contributed by atoms with E-state index in [0.29, 0.717) is 0 Å². The smallest absolute Gasteiger partial charge is 0.205 e. The van der Waals surface area contributed by atoms with Crippen LogP contribution in [-0.4, -0.2) is 58.3 Å². The van der Waals surface area contributed by atoms with Gasteiger partial charge < -0.3 is 5.32 Å². The molecule has 5 nitrogen and oxygen atoms in total. The van der Waals surface area contributed by atoms with Gasteiger partial charge in [-0.15, -0.1) is 10.2 Å². The van der Waals surface area contributed by atoms with Crippen LogP contribution in [0.5, 0.6) is 0 Å². The molecule has 2 rings (SSSR count). The number of anilines is 1. The number of aromatic nitrogens is 2. The van der Waals surface area contributed by atoms with Crippen molar-refractivity contribution in [2.75, 3.05) is 38.0 Å². The van der Waals surface area contributed by atoms with E-state index in [4.69, 9.17) is 0 Å². The highest BCUT2D eigenvalue weighted by Crippen LogP contribution is 2.19. The molecule has 1 aromatic heterocycles. The van der Waals surface area contributed by atoms with Gasteiger partial charge in [-0.2, -0.15) is 0 Å². The molecule has 0 atom stereocenters. The van der Waals surface area contributed by atoms with Crippen LogP contribution in [0.3, 0.4) is 0 Å². The zero-order chi connectivity index (χ0) is 13.9. The summed E-state index contributed by atoms with van der Waals surface area (Å²) in [7, 11) is 0. The molecule has 0 saturated carbocycles. The van der Waals surface area contributed by atoms with E-state index in [2.05, 4.69) is 53.0 Å². The second-order valence-electron chi connectivity index (χ2n) is 5.97. The highest BCUT2D eigenvalue weighted by atomic mass is 32.1. The number of nitrogens with zero attached hydrogens (tertiary/aromatic N) is 4. The highest BCUT2D eigenvalue weighted by Gasteiger charge is 2.26. The minimum absolute atomic E-state index is 0.285. The molecule has 1 N–H and O–H groups in total. The van der Waals surface area contributed by atoms with Crippen molar-refractivity contribution in [3.05, 3.63) is 5.01 Å². The Hall–Kier alpha value is -0.720. The lowest BCUT2D eigenvalue weighted by atomic mass is 10.1. The van der Waals surface area contributed by atoms with Crippen LogP contribution in [0, 0.1) is 0 Å². The van der Waals surface area contributed by atoms with Gasteiger partial charge in [-0.05, 0) is 27.7 Å². The average Bonchev–Trinajstić information content (AvgIpc) is 2.77. The summed E-state index contributed by atoms with van der Waals surface area (Å²) >= 11 is 1.67. The third kappa shape index (κ3) is 4.12. The monoisotopic (exact) mass is 283 g/mol. The normalized spacial score (nSPS) is 18.7. The summed E-state index contributed by atoms with van der Waals surface area (Å²) in [6.45, 7) is 15.3. The van der Waals surface area contributed by atoms with Crippen molar-refractivity contribution in [2.45, 2.75) is 39.8 Å². The number of rotatable bonds is 4. The van der Waals surface area contributed by atoms with Crippen LogP contribution in [0.2, 0.25) is 0 Å². The standard InChI is InChI=1S/C13H25N5S/c1-5-14-12-16-15-11(19-12)10-17-6-8-18(9-7-17)13(2,3)4/h5-10H2,1-4H3,(H,14,16). The van der Waals surface area contributed by atoms with E-state index in [-0.39, 0.29) is 5.54 Å². The molecular formula is C13H25N5S. The maximum Gasteiger partial charge on any atom is 0.205 e. The van der Waals surface area contributed by atoms with E-state index in [1.54, 1.807) is 11.3 Å². The Bertz CT molecular complexity index is 390. The van der Waals surface area contributed by atoms with Gasteiger partial charge in [0, 0.05) is 38.3 Å². The van der Waals surface area contributed by atoms with Crippen molar-refractivity contribution >= 4 is 16.5 Å². The lowest BCUT2D eigenvalue weighted by molar-refractivity contribution is 0.0590. The summed E-state index contributed by atoms with van der Waals surface area (Å²) in [4.78, 5) is 5.02. The van der Waals surface area contributed by atoms with Crippen LogP contribution < -0.4 is 5.32 Å². The third-order valence-corrected chi connectivity index (χ3v) is 4.34. The molecule has 0 unspecified atom stereocenters. The molecule has 0 spiro atoms. The van der Waals surface area contributed by atoms with Crippen LogP contribution in [0.25, 0.3) is 0 Å². The molecule has 1 saturated heterocycles. The Kier molecular flexibility index (Phi) is 4.76. The minimum Gasteiger partial charge on any atom is -0.360 e. The van der Waals surface area contributed by atoms with Crippen LogP contribution in [0.4, 0.5) is 5.13 Å². The van der Waals surface area contributed by atoms with Gasteiger partial charge in [0.05, 0.1) is 6.54 Å². The summed E-state index contributed by atoms with van der Waals surface area (Å²) in [5.41, 5.74) is 0.285. The summed E-state index contributed by atoms with van der Waals surface area (Å²) in [6.07, 6.45) is 0. The zero-order valence-corrected chi connectivity index (χ0v) is 13.3. The van der Waals surface area contributed by atoms with Gasteiger partial charge >= 0.3 is 0 Å². The molecular weight excluding hydrogens is 258 g/mol. The predicted octanol–water partition coefficient (Wildman–Crippen LogP) is 1.89. The van der Waals surface area contributed by atoms with E-state index in [1.165, 1.54) is 0 Å². The number of hydrogen-bond donors (Lipinski definition) is 1. The van der Waals surface area contributed by atoms with Gasteiger partial charge in [0.1, 0.15) is 5.01 Å². The average molecular weight is 283 g/mol. The second kappa shape index (κ2) is 6.15. The van der Waals surface area contributed by atoms with Gasteiger partial charge in [0.15, 0.2) is 0 Å². The van der Waals surface area contributed by atoms with Crippen molar-refractivity contribution in [2.24, 2.45) is 0 Å². The Balaban J connectivity index is 1.82. The van der Waals surface area contributed by atoms with E-state index in [0.717, 1.165) is 49.4 Å². The number of hydrogen-bond acceptors (Lipinski definition) is 6. The van der Waals surface area contributed by atoms with Crippen molar-refractivity contribution < 1.29 is 0 Å². The van der Waals surface area contributed by atoms with Crippen LogP contribution >= 0.6 is 11.3 Å². The largest absolute Gasteiger partial charge is 0.360 e. The summed E-state index contributed by atoms with van der Waals surface area (Å²) in [6, 6.07) is 0. The molecule has 1 aromatic rings. The predicted molar refractivity (Wildman–Crippen MR) is 80.7 cm³/mol. The van der Waals surface area contributed by atoms with E-state index in [1.807, 2.05) is 0 Å². The van der Waals surface area contributed by atoms with Gasteiger partial charge in [-0.3, -0.25) is 9.80 Å². The molecule has 1 fully saturated rings. The number of nitrogens with one attached hydrogen (secondary N) is 1. The topological polar surface area (TPSA) is 44.3 Å². The Morgan fingerprint density at radius 2 is 1.84 bits per heavy atom. The zero-order valence-electron chi connectivity index (χ0n) is 12.4. The van der Waals surface area contributed by atoms with Crippen molar-refractivity contribution in [1.29, 1.82) is 0 Å².